The van der Waals surface area contributed by atoms with Gasteiger partial charge in [-0.2, -0.15) is 0 Å². The number of benzene rings is 1. The molecule has 2 aromatic rings. The molecule has 0 spiro atoms. The molecule has 1 aromatic heterocycles. The Morgan fingerprint density at radius 2 is 2.00 bits per heavy atom. The summed E-state index contributed by atoms with van der Waals surface area (Å²) in [5.74, 6) is -1.17. The topological polar surface area (TPSA) is 104 Å². The molecule has 6 nitrogen and oxygen atoms in total. The molecular weight excluding hydrogens is 395 g/mol. The monoisotopic (exact) mass is 422 g/mol. The van der Waals surface area contributed by atoms with E-state index >= 15 is 0 Å². The minimum Gasteiger partial charge on any atom is -0.480 e. The summed E-state index contributed by atoms with van der Waals surface area (Å²) in [5, 5.41) is 10.3. The molecule has 152 valence electrons. The number of thiophene rings is 1. The zero-order valence-corrected chi connectivity index (χ0v) is 17.5. The van der Waals surface area contributed by atoms with E-state index in [-0.39, 0.29) is 19.1 Å². The van der Waals surface area contributed by atoms with Gasteiger partial charge in [0.2, 0.25) is 7.37 Å². The van der Waals surface area contributed by atoms with E-state index in [1.54, 1.807) is 11.3 Å². The fourth-order valence-electron chi connectivity index (χ4n) is 3.87. The van der Waals surface area contributed by atoms with Gasteiger partial charge in [0, 0.05) is 30.7 Å². The normalized spacial score (nSPS) is 25.6. The lowest BCUT2D eigenvalue weighted by Gasteiger charge is -2.43. The number of rotatable bonds is 8. The van der Waals surface area contributed by atoms with E-state index in [2.05, 4.69) is 18.2 Å². The van der Waals surface area contributed by atoms with Crippen molar-refractivity contribution in [1.29, 1.82) is 0 Å². The number of nitrogens with two attached hydrogens (primary N) is 1. The molecule has 1 saturated heterocycles. The first-order valence-corrected chi connectivity index (χ1v) is 12.2. The van der Waals surface area contributed by atoms with E-state index in [0.29, 0.717) is 32.5 Å². The Kier molecular flexibility index (Phi) is 6.73. The van der Waals surface area contributed by atoms with Crippen LogP contribution in [0, 0.1) is 0 Å². The van der Waals surface area contributed by atoms with Gasteiger partial charge in [-0.3, -0.25) is 14.3 Å². The third-order valence-corrected chi connectivity index (χ3v) is 9.12. The molecule has 1 aliphatic heterocycles. The van der Waals surface area contributed by atoms with Crippen molar-refractivity contribution >= 4 is 24.7 Å². The van der Waals surface area contributed by atoms with E-state index in [4.69, 9.17) is 5.73 Å². The molecular formula is C20H27N2O4PS. The van der Waals surface area contributed by atoms with Gasteiger partial charge in [0.25, 0.3) is 0 Å². The molecule has 8 heteroatoms. The third kappa shape index (κ3) is 4.24. The molecule has 28 heavy (non-hydrogen) atoms. The first kappa shape index (κ1) is 21.2. The van der Waals surface area contributed by atoms with Crippen LogP contribution in [0.3, 0.4) is 0 Å². The predicted molar refractivity (Wildman–Crippen MR) is 113 cm³/mol. The van der Waals surface area contributed by atoms with Crippen molar-refractivity contribution in [3.8, 4) is 11.1 Å². The smallest absolute Gasteiger partial charge is 0.320 e. The molecule has 4 N–H and O–H groups in total. The lowest BCUT2D eigenvalue weighted by molar-refractivity contribution is -0.141. The Labute approximate surface area is 169 Å². The number of carboxylic acids is 1. The number of hydrogen-bond donors (Lipinski definition) is 3. The summed E-state index contributed by atoms with van der Waals surface area (Å²) in [6.07, 6.45) is 1.38. The van der Waals surface area contributed by atoms with Gasteiger partial charge in [0.1, 0.15) is 0 Å². The van der Waals surface area contributed by atoms with Crippen LogP contribution in [-0.4, -0.2) is 51.8 Å². The quantitative estimate of drug-likeness (QED) is 0.445. The maximum Gasteiger partial charge on any atom is 0.320 e. The summed E-state index contributed by atoms with van der Waals surface area (Å²) in [6.45, 7) is 1.54. The second-order valence-electron chi connectivity index (χ2n) is 7.34. The Morgan fingerprint density at radius 1 is 1.25 bits per heavy atom. The number of nitrogens with zero attached hydrogens (tertiary/aromatic N) is 1. The molecule has 1 aliphatic rings. The SMILES string of the molecule is NCCCCC1(C(=O)O)CN(Cc2sccc2-c2ccccc2)CCP1(=O)O. The van der Waals surface area contributed by atoms with E-state index in [1.165, 1.54) is 0 Å². The Balaban J connectivity index is 1.82. The van der Waals surface area contributed by atoms with E-state index in [1.807, 2.05) is 28.5 Å². The minimum absolute atomic E-state index is 0.00791. The predicted octanol–water partition coefficient (Wildman–Crippen LogP) is 3.45. The van der Waals surface area contributed by atoms with Crippen LogP contribution in [-0.2, 0) is 15.9 Å². The van der Waals surface area contributed by atoms with Crippen molar-refractivity contribution in [2.45, 2.75) is 31.0 Å². The second-order valence-corrected chi connectivity index (χ2v) is 11.0. The van der Waals surface area contributed by atoms with E-state index < -0.39 is 18.5 Å². The molecule has 2 heterocycles. The van der Waals surface area contributed by atoms with E-state index in [9.17, 15) is 19.4 Å². The largest absolute Gasteiger partial charge is 0.480 e. The van der Waals surface area contributed by atoms with Gasteiger partial charge in [-0.25, -0.2) is 0 Å². The molecule has 0 amide bonds. The summed E-state index contributed by atoms with van der Waals surface area (Å²) in [5.41, 5.74) is 7.79. The van der Waals surface area contributed by atoms with Crippen molar-refractivity contribution in [2.24, 2.45) is 5.73 Å². The fourth-order valence-corrected chi connectivity index (χ4v) is 7.01. The maximum atomic E-state index is 12.9. The maximum absolute atomic E-state index is 12.9. The first-order valence-electron chi connectivity index (χ1n) is 9.49. The summed E-state index contributed by atoms with van der Waals surface area (Å²) in [4.78, 5) is 25.8. The van der Waals surface area contributed by atoms with Crippen molar-refractivity contribution in [3.63, 3.8) is 0 Å². The number of hydrogen-bond acceptors (Lipinski definition) is 5. The second kappa shape index (κ2) is 8.89. The van der Waals surface area contributed by atoms with Crippen molar-refractivity contribution < 1.29 is 19.4 Å². The molecule has 0 aliphatic carbocycles. The molecule has 2 atom stereocenters. The van der Waals surface area contributed by atoms with Gasteiger partial charge in [0.05, 0.1) is 0 Å². The van der Waals surface area contributed by atoms with Crippen molar-refractivity contribution in [3.05, 3.63) is 46.7 Å². The Hall–Kier alpha value is -1.50. The lowest BCUT2D eigenvalue weighted by Crippen LogP contribution is -2.53. The first-order chi connectivity index (χ1) is 13.4. The molecule has 1 aromatic carbocycles. The Bertz CT molecular complexity index is 857. The van der Waals surface area contributed by atoms with Crippen LogP contribution in [0.15, 0.2) is 41.8 Å². The molecule has 1 fully saturated rings. The summed E-state index contributed by atoms with van der Waals surface area (Å²) in [6, 6.07) is 12.1. The fraction of sp³-hybridized carbons (Fsp3) is 0.450. The van der Waals surface area contributed by atoms with Crippen molar-refractivity contribution in [1.82, 2.24) is 4.90 Å². The highest BCUT2D eigenvalue weighted by Crippen LogP contribution is 2.59. The van der Waals surface area contributed by atoms with Crippen LogP contribution in [0.5, 0.6) is 0 Å². The van der Waals surface area contributed by atoms with Crippen LogP contribution in [0.1, 0.15) is 24.1 Å². The van der Waals surface area contributed by atoms with Crippen LogP contribution >= 0.6 is 18.7 Å². The van der Waals surface area contributed by atoms with Gasteiger partial charge in [-0.05, 0) is 42.0 Å². The number of carboxylic acid groups (broad SMARTS) is 1. The van der Waals surface area contributed by atoms with Gasteiger partial charge < -0.3 is 15.7 Å². The average Bonchev–Trinajstić information content (AvgIpc) is 3.13. The summed E-state index contributed by atoms with van der Waals surface area (Å²) < 4.78 is 12.9. The number of aliphatic carboxylic acids is 1. The van der Waals surface area contributed by atoms with Gasteiger partial charge in [0.15, 0.2) is 5.16 Å². The Morgan fingerprint density at radius 3 is 2.68 bits per heavy atom. The zero-order valence-electron chi connectivity index (χ0n) is 15.8. The lowest BCUT2D eigenvalue weighted by atomic mass is 9.99. The molecule has 0 radical (unpaired) electrons. The molecule has 3 rings (SSSR count). The van der Waals surface area contributed by atoms with Crippen LogP contribution < -0.4 is 5.73 Å². The standard InChI is InChI=1S/C20H27N2O4PS/c21-10-5-4-9-20(19(23)24)15-22(11-12-27(20,25)26)14-18-17(8-13-28-18)16-6-2-1-3-7-16/h1-3,6-8,13H,4-5,9-12,14-15,21H2,(H,23,24)(H,25,26). The molecule has 0 saturated carbocycles. The molecule has 0 bridgehead atoms. The van der Waals surface area contributed by atoms with Crippen LogP contribution in [0.25, 0.3) is 11.1 Å². The third-order valence-electron chi connectivity index (χ3n) is 5.51. The highest BCUT2D eigenvalue weighted by molar-refractivity contribution is 7.61. The summed E-state index contributed by atoms with van der Waals surface area (Å²) >= 11 is 1.63. The minimum atomic E-state index is -3.80. The highest BCUT2D eigenvalue weighted by Gasteiger charge is 2.56. The van der Waals surface area contributed by atoms with Crippen molar-refractivity contribution in [2.75, 3.05) is 25.8 Å². The number of carbonyl (C=O) groups is 1. The van der Waals surface area contributed by atoms with Crippen LogP contribution in [0.4, 0.5) is 0 Å². The van der Waals surface area contributed by atoms with Crippen LogP contribution in [0.2, 0.25) is 0 Å². The van der Waals surface area contributed by atoms with Gasteiger partial charge in [-0.15, -0.1) is 11.3 Å². The van der Waals surface area contributed by atoms with E-state index in [0.717, 1.165) is 16.0 Å². The summed E-state index contributed by atoms with van der Waals surface area (Å²) in [7, 11) is -3.80. The van der Waals surface area contributed by atoms with Gasteiger partial charge >= 0.3 is 5.97 Å². The highest BCUT2D eigenvalue weighted by atomic mass is 32.1. The number of unbranched alkanes of at least 4 members (excludes halogenated alkanes) is 1. The molecule has 2 unspecified atom stereocenters. The average molecular weight is 422 g/mol. The zero-order chi connectivity index (χ0) is 20.2. The van der Waals surface area contributed by atoms with Gasteiger partial charge in [-0.1, -0.05) is 36.8 Å².